The summed E-state index contributed by atoms with van der Waals surface area (Å²) < 4.78 is 6.28. The lowest BCUT2D eigenvalue weighted by Gasteiger charge is -2.38. The monoisotopic (exact) mass is 245 g/mol. The van der Waals surface area contributed by atoms with Gasteiger partial charge in [-0.25, -0.2) is 0 Å². The number of hydrogen-bond donors (Lipinski definition) is 1. The molecule has 0 aliphatic carbocycles. The van der Waals surface area contributed by atoms with Crippen LogP contribution in [0, 0.1) is 0 Å². The zero-order chi connectivity index (χ0) is 12.8. The fourth-order valence-corrected chi connectivity index (χ4v) is 2.82. The molecule has 1 atom stereocenters. The molecule has 0 radical (unpaired) electrons. The molecule has 0 saturated carbocycles. The number of nitrogens with one attached hydrogen (secondary N) is 1. The van der Waals surface area contributed by atoms with E-state index in [4.69, 9.17) is 4.43 Å². The molecule has 1 N–H and O–H groups in total. The highest BCUT2D eigenvalue weighted by atomic mass is 28.4. The minimum Gasteiger partial charge on any atom is -0.414 e. The SMILES string of the molecule is CCCNCCC(C)O[Si](C)(C)C(C)(C)C. The lowest BCUT2D eigenvalue weighted by molar-refractivity contribution is 0.188. The Bertz CT molecular complexity index is 187. The fraction of sp³-hybridized carbons (Fsp3) is 1.00. The van der Waals surface area contributed by atoms with E-state index >= 15 is 0 Å². The van der Waals surface area contributed by atoms with Crippen LogP contribution in [-0.2, 0) is 4.43 Å². The average Bonchev–Trinajstić information content (AvgIpc) is 2.10. The van der Waals surface area contributed by atoms with E-state index in [0.717, 1.165) is 19.5 Å². The first-order valence-electron chi connectivity index (χ1n) is 6.59. The summed E-state index contributed by atoms with van der Waals surface area (Å²) in [6.07, 6.45) is 2.70. The molecule has 0 aromatic heterocycles. The van der Waals surface area contributed by atoms with Crippen LogP contribution in [0.5, 0.6) is 0 Å². The van der Waals surface area contributed by atoms with Gasteiger partial charge in [0.1, 0.15) is 0 Å². The third-order valence-corrected chi connectivity index (χ3v) is 8.06. The molecule has 3 heteroatoms. The van der Waals surface area contributed by atoms with Gasteiger partial charge in [-0.15, -0.1) is 0 Å². The van der Waals surface area contributed by atoms with Crippen molar-refractivity contribution in [2.75, 3.05) is 13.1 Å². The summed E-state index contributed by atoms with van der Waals surface area (Å²) in [5, 5.41) is 3.74. The third kappa shape index (κ3) is 6.02. The Morgan fingerprint density at radius 1 is 1.19 bits per heavy atom. The second kappa shape index (κ2) is 6.77. The van der Waals surface area contributed by atoms with Gasteiger partial charge in [0.15, 0.2) is 8.32 Å². The highest BCUT2D eigenvalue weighted by molar-refractivity contribution is 6.74. The quantitative estimate of drug-likeness (QED) is 0.544. The van der Waals surface area contributed by atoms with Crippen LogP contribution in [0.25, 0.3) is 0 Å². The summed E-state index contributed by atoms with van der Waals surface area (Å²) in [7, 11) is -1.56. The Kier molecular flexibility index (Phi) is 6.83. The van der Waals surface area contributed by atoms with E-state index in [1.165, 1.54) is 6.42 Å². The first kappa shape index (κ1) is 16.1. The molecule has 0 aromatic rings. The van der Waals surface area contributed by atoms with Crippen LogP contribution in [-0.4, -0.2) is 27.5 Å². The van der Waals surface area contributed by atoms with E-state index in [1.807, 2.05) is 0 Å². The summed E-state index contributed by atoms with van der Waals surface area (Å²) >= 11 is 0. The van der Waals surface area contributed by atoms with Gasteiger partial charge in [0, 0.05) is 6.10 Å². The lowest BCUT2D eigenvalue weighted by Crippen LogP contribution is -2.43. The van der Waals surface area contributed by atoms with Crippen LogP contribution in [0.15, 0.2) is 0 Å². The van der Waals surface area contributed by atoms with Crippen LogP contribution in [0.1, 0.15) is 47.5 Å². The molecule has 2 nitrogen and oxygen atoms in total. The number of rotatable bonds is 7. The van der Waals surface area contributed by atoms with Gasteiger partial charge in [-0.2, -0.15) is 0 Å². The van der Waals surface area contributed by atoms with Crippen LogP contribution >= 0.6 is 0 Å². The Labute approximate surface area is 103 Å². The predicted molar refractivity (Wildman–Crippen MR) is 75.5 cm³/mol. The van der Waals surface area contributed by atoms with Crippen molar-refractivity contribution in [1.82, 2.24) is 5.32 Å². The van der Waals surface area contributed by atoms with Gasteiger partial charge in [0.25, 0.3) is 0 Å². The second-order valence-electron chi connectivity index (χ2n) is 6.23. The molecular weight excluding hydrogens is 214 g/mol. The predicted octanol–water partition coefficient (Wildman–Crippen LogP) is 3.79. The normalized spacial score (nSPS) is 15.2. The Hall–Kier alpha value is 0.137. The maximum absolute atomic E-state index is 6.28. The van der Waals surface area contributed by atoms with Crippen LogP contribution in [0.4, 0.5) is 0 Å². The van der Waals surface area contributed by atoms with Gasteiger partial charge >= 0.3 is 0 Å². The minimum absolute atomic E-state index is 0.318. The van der Waals surface area contributed by atoms with Crippen molar-refractivity contribution in [1.29, 1.82) is 0 Å². The van der Waals surface area contributed by atoms with E-state index in [-0.39, 0.29) is 0 Å². The van der Waals surface area contributed by atoms with Crippen LogP contribution in [0.3, 0.4) is 0 Å². The Morgan fingerprint density at radius 3 is 2.19 bits per heavy atom. The minimum atomic E-state index is -1.56. The van der Waals surface area contributed by atoms with Crippen LogP contribution in [0.2, 0.25) is 18.1 Å². The number of hydrogen-bond acceptors (Lipinski definition) is 2. The molecule has 16 heavy (non-hydrogen) atoms. The molecule has 98 valence electrons. The highest BCUT2D eigenvalue weighted by Gasteiger charge is 2.38. The molecule has 0 aliphatic rings. The summed E-state index contributed by atoms with van der Waals surface area (Å²) in [6, 6.07) is 0. The van der Waals surface area contributed by atoms with E-state index in [0.29, 0.717) is 11.1 Å². The van der Waals surface area contributed by atoms with Gasteiger partial charge in [0.05, 0.1) is 0 Å². The van der Waals surface area contributed by atoms with E-state index in [9.17, 15) is 0 Å². The summed E-state index contributed by atoms with van der Waals surface area (Å²) in [5.41, 5.74) is 0. The van der Waals surface area contributed by atoms with Crippen molar-refractivity contribution in [3.8, 4) is 0 Å². The molecule has 0 bridgehead atoms. The molecule has 1 unspecified atom stereocenters. The van der Waals surface area contributed by atoms with Gasteiger partial charge in [0.2, 0.25) is 0 Å². The smallest absolute Gasteiger partial charge is 0.192 e. The zero-order valence-corrected chi connectivity index (χ0v) is 13.3. The van der Waals surface area contributed by atoms with Gasteiger partial charge < -0.3 is 9.74 Å². The lowest BCUT2D eigenvalue weighted by atomic mass is 10.2. The standard InChI is InChI=1S/C13H31NOSi/c1-8-10-14-11-9-12(2)15-16(6,7)13(3,4)5/h12,14H,8-11H2,1-7H3. The molecule has 0 fully saturated rings. The maximum atomic E-state index is 6.28. The van der Waals surface area contributed by atoms with E-state index in [1.54, 1.807) is 0 Å². The molecule has 0 aromatic carbocycles. The van der Waals surface area contributed by atoms with Crippen molar-refractivity contribution in [3.05, 3.63) is 0 Å². The molecule has 0 spiro atoms. The maximum Gasteiger partial charge on any atom is 0.192 e. The first-order valence-corrected chi connectivity index (χ1v) is 9.50. The first-order chi connectivity index (χ1) is 7.20. The average molecular weight is 245 g/mol. The van der Waals surface area contributed by atoms with Crippen molar-refractivity contribution in [3.63, 3.8) is 0 Å². The summed E-state index contributed by atoms with van der Waals surface area (Å²) in [5.74, 6) is 0. The van der Waals surface area contributed by atoms with Gasteiger partial charge in [-0.1, -0.05) is 27.7 Å². The van der Waals surface area contributed by atoms with Crippen molar-refractivity contribution < 1.29 is 4.43 Å². The third-order valence-electron chi connectivity index (χ3n) is 3.46. The Balaban J connectivity index is 3.90. The molecule has 0 amide bonds. The molecular formula is C13H31NOSi. The van der Waals surface area contributed by atoms with Crippen molar-refractivity contribution >= 4 is 8.32 Å². The molecule has 0 rings (SSSR count). The van der Waals surface area contributed by atoms with Crippen molar-refractivity contribution in [2.24, 2.45) is 0 Å². The topological polar surface area (TPSA) is 21.3 Å². The second-order valence-corrected chi connectivity index (χ2v) is 11.0. The van der Waals surface area contributed by atoms with E-state index < -0.39 is 8.32 Å². The van der Waals surface area contributed by atoms with Crippen molar-refractivity contribution in [2.45, 2.75) is 71.7 Å². The summed E-state index contributed by atoms with van der Waals surface area (Å²) in [6.45, 7) is 18.1. The van der Waals surface area contributed by atoms with Gasteiger partial charge in [-0.05, 0) is 51.0 Å². The zero-order valence-electron chi connectivity index (χ0n) is 12.3. The van der Waals surface area contributed by atoms with E-state index in [2.05, 4.69) is 53.0 Å². The Morgan fingerprint density at radius 2 is 1.75 bits per heavy atom. The van der Waals surface area contributed by atoms with Crippen LogP contribution < -0.4 is 5.32 Å². The largest absolute Gasteiger partial charge is 0.414 e. The molecule has 0 heterocycles. The fourth-order valence-electron chi connectivity index (χ4n) is 1.35. The highest BCUT2D eigenvalue weighted by Crippen LogP contribution is 2.37. The molecule has 0 aliphatic heterocycles. The summed E-state index contributed by atoms with van der Waals surface area (Å²) in [4.78, 5) is 0. The molecule has 0 saturated heterocycles. The van der Waals surface area contributed by atoms with Gasteiger partial charge in [-0.3, -0.25) is 0 Å².